The zero-order chi connectivity index (χ0) is 13.7. The van der Waals surface area contributed by atoms with Gasteiger partial charge < -0.3 is 0 Å². The van der Waals surface area contributed by atoms with Crippen molar-refractivity contribution in [1.82, 2.24) is 10.3 Å². The van der Waals surface area contributed by atoms with Crippen molar-refractivity contribution in [2.45, 2.75) is 32.4 Å². The zero-order valence-corrected chi connectivity index (χ0v) is 11.7. The Bertz CT molecular complexity index is 601. The standard InChI is InChI=1S/C16H17ClN2/c1-3-6-13(4-2)19-11-12-8-9-15(17)14-7-5-10-18-16(12)14/h2,5,7-10,13,19H,3,6,11H2,1H3. The maximum atomic E-state index is 6.18. The van der Waals surface area contributed by atoms with E-state index in [9.17, 15) is 0 Å². The molecule has 2 aromatic rings. The lowest BCUT2D eigenvalue weighted by molar-refractivity contribution is 0.564. The molecule has 98 valence electrons. The van der Waals surface area contributed by atoms with Crippen molar-refractivity contribution in [2.75, 3.05) is 0 Å². The summed E-state index contributed by atoms with van der Waals surface area (Å²) in [5.74, 6) is 2.78. The van der Waals surface area contributed by atoms with Crippen LogP contribution in [-0.4, -0.2) is 11.0 Å². The molecule has 0 aliphatic heterocycles. The number of nitrogens with zero attached hydrogens (tertiary/aromatic N) is 1. The highest BCUT2D eigenvalue weighted by molar-refractivity contribution is 6.35. The molecule has 1 N–H and O–H groups in total. The molecule has 0 radical (unpaired) electrons. The number of nitrogens with one attached hydrogen (secondary N) is 1. The fourth-order valence-electron chi connectivity index (χ4n) is 2.11. The van der Waals surface area contributed by atoms with Crippen LogP contribution in [0.1, 0.15) is 25.3 Å². The molecule has 0 aliphatic carbocycles. The topological polar surface area (TPSA) is 24.9 Å². The SMILES string of the molecule is C#CC(CCC)NCc1ccc(Cl)c2cccnc12. The van der Waals surface area contributed by atoms with Crippen molar-refractivity contribution in [2.24, 2.45) is 0 Å². The van der Waals surface area contributed by atoms with Crippen LogP contribution < -0.4 is 5.32 Å². The minimum Gasteiger partial charge on any atom is -0.300 e. The molecule has 1 aromatic heterocycles. The Kier molecular flexibility index (Phi) is 4.79. The average Bonchev–Trinajstić information content (AvgIpc) is 2.45. The number of fused-ring (bicyclic) bond motifs is 1. The van der Waals surface area contributed by atoms with E-state index < -0.39 is 0 Å². The van der Waals surface area contributed by atoms with Crippen molar-refractivity contribution in [3.05, 3.63) is 41.0 Å². The number of benzene rings is 1. The molecule has 19 heavy (non-hydrogen) atoms. The summed E-state index contributed by atoms with van der Waals surface area (Å²) in [6, 6.07) is 7.91. The lowest BCUT2D eigenvalue weighted by atomic mass is 10.1. The zero-order valence-electron chi connectivity index (χ0n) is 11.0. The first-order chi connectivity index (χ1) is 9.26. The fourth-order valence-corrected chi connectivity index (χ4v) is 2.32. The third-order valence-electron chi connectivity index (χ3n) is 3.12. The van der Waals surface area contributed by atoms with Crippen molar-refractivity contribution in [3.8, 4) is 12.3 Å². The van der Waals surface area contributed by atoms with Gasteiger partial charge in [-0.15, -0.1) is 6.42 Å². The van der Waals surface area contributed by atoms with E-state index in [-0.39, 0.29) is 6.04 Å². The number of pyridine rings is 1. The van der Waals surface area contributed by atoms with E-state index in [0.29, 0.717) is 6.54 Å². The molecule has 1 atom stereocenters. The van der Waals surface area contributed by atoms with Crippen LogP contribution in [0.4, 0.5) is 0 Å². The van der Waals surface area contributed by atoms with Gasteiger partial charge in [-0.2, -0.15) is 0 Å². The van der Waals surface area contributed by atoms with E-state index >= 15 is 0 Å². The quantitative estimate of drug-likeness (QED) is 0.838. The maximum absolute atomic E-state index is 6.18. The lowest BCUT2D eigenvalue weighted by Crippen LogP contribution is -2.26. The molecular weight excluding hydrogens is 256 g/mol. The third-order valence-corrected chi connectivity index (χ3v) is 3.45. The number of rotatable bonds is 5. The van der Waals surface area contributed by atoms with E-state index in [0.717, 1.165) is 34.3 Å². The third kappa shape index (κ3) is 3.26. The van der Waals surface area contributed by atoms with Crippen molar-refractivity contribution in [1.29, 1.82) is 0 Å². The summed E-state index contributed by atoms with van der Waals surface area (Å²) < 4.78 is 0. The number of terminal acetylenes is 1. The summed E-state index contributed by atoms with van der Waals surface area (Å²) in [6.45, 7) is 2.84. The van der Waals surface area contributed by atoms with Gasteiger partial charge in [-0.25, -0.2) is 0 Å². The molecular formula is C16H17ClN2. The van der Waals surface area contributed by atoms with Gasteiger partial charge in [-0.05, 0) is 30.2 Å². The van der Waals surface area contributed by atoms with Gasteiger partial charge in [0, 0.05) is 23.2 Å². The van der Waals surface area contributed by atoms with Gasteiger partial charge in [0.25, 0.3) is 0 Å². The molecule has 2 nitrogen and oxygen atoms in total. The fraction of sp³-hybridized carbons (Fsp3) is 0.312. The first-order valence-electron chi connectivity index (χ1n) is 6.48. The average molecular weight is 273 g/mol. The summed E-state index contributed by atoms with van der Waals surface area (Å²) in [7, 11) is 0. The van der Waals surface area contributed by atoms with Crippen LogP contribution in [0, 0.1) is 12.3 Å². The second-order valence-electron chi connectivity index (χ2n) is 4.49. The molecule has 0 saturated carbocycles. The molecule has 0 spiro atoms. The smallest absolute Gasteiger partial charge is 0.0761 e. The minimum atomic E-state index is 0.111. The Balaban J connectivity index is 2.22. The van der Waals surface area contributed by atoms with Crippen LogP contribution in [0.15, 0.2) is 30.5 Å². The van der Waals surface area contributed by atoms with Crippen LogP contribution in [0.5, 0.6) is 0 Å². The van der Waals surface area contributed by atoms with E-state index in [2.05, 4.69) is 23.1 Å². The Morgan fingerprint density at radius 2 is 2.26 bits per heavy atom. The predicted octanol–water partition coefficient (Wildman–Crippen LogP) is 3.78. The van der Waals surface area contributed by atoms with Gasteiger partial charge in [-0.3, -0.25) is 10.3 Å². The largest absolute Gasteiger partial charge is 0.300 e. The van der Waals surface area contributed by atoms with Crippen LogP contribution in [0.25, 0.3) is 10.9 Å². The van der Waals surface area contributed by atoms with Crippen molar-refractivity contribution in [3.63, 3.8) is 0 Å². The van der Waals surface area contributed by atoms with Gasteiger partial charge in [0.1, 0.15) is 0 Å². The maximum Gasteiger partial charge on any atom is 0.0761 e. The van der Waals surface area contributed by atoms with Crippen molar-refractivity contribution >= 4 is 22.5 Å². The van der Waals surface area contributed by atoms with Crippen molar-refractivity contribution < 1.29 is 0 Å². The molecule has 0 saturated heterocycles. The highest BCUT2D eigenvalue weighted by Crippen LogP contribution is 2.24. The molecule has 0 amide bonds. The summed E-state index contributed by atoms with van der Waals surface area (Å²) >= 11 is 6.18. The van der Waals surface area contributed by atoms with Gasteiger partial charge in [0.15, 0.2) is 0 Å². The van der Waals surface area contributed by atoms with Crippen LogP contribution in [0.3, 0.4) is 0 Å². The first-order valence-corrected chi connectivity index (χ1v) is 6.85. The predicted molar refractivity (Wildman–Crippen MR) is 81.1 cm³/mol. The van der Waals surface area contributed by atoms with E-state index in [1.165, 1.54) is 0 Å². The first kappa shape index (κ1) is 13.9. The second-order valence-corrected chi connectivity index (χ2v) is 4.90. The van der Waals surface area contributed by atoms with E-state index in [1.54, 1.807) is 6.20 Å². The van der Waals surface area contributed by atoms with Gasteiger partial charge in [0.2, 0.25) is 0 Å². The van der Waals surface area contributed by atoms with Crippen LogP contribution in [0.2, 0.25) is 5.02 Å². The number of hydrogen-bond acceptors (Lipinski definition) is 2. The summed E-state index contributed by atoms with van der Waals surface area (Å²) in [5.41, 5.74) is 2.06. The minimum absolute atomic E-state index is 0.111. The number of halogens is 1. The van der Waals surface area contributed by atoms with Gasteiger partial charge in [-0.1, -0.05) is 36.9 Å². The molecule has 1 unspecified atom stereocenters. The number of hydrogen-bond donors (Lipinski definition) is 1. The Labute approximate surface area is 119 Å². The Morgan fingerprint density at radius 1 is 1.42 bits per heavy atom. The summed E-state index contributed by atoms with van der Waals surface area (Å²) in [5, 5.41) is 5.09. The molecule has 2 rings (SSSR count). The Hall–Kier alpha value is -1.56. The van der Waals surface area contributed by atoms with Crippen LogP contribution in [-0.2, 0) is 6.54 Å². The molecule has 0 fully saturated rings. The monoisotopic (exact) mass is 272 g/mol. The number of aromatic nitrogens is 1. The van der Waals surface area contributed by atoms with E-state index in [4.69, 9.17) is 18.0 Å². The normalized spacial score (nSPS) is 12.3. The highest BCUT2D eigenvalue weighted by atomic mass is 35.5. The molecule has 0 aliphatic rings. The van der Waals surface area contributed by atoms with Gasteiger partial charge in [0.05, 0.1) is 11.6 Å². The van der Waals surface area contributed by atoms with E-state index in [1.807, 2.05) is 24.3 Å². The summed E-state index contributed by atoms with van der Waals surface area (Å²) in [4.78, 5) is 4.42. The molecule has 0 bridgehead atoms. The highest BCUT2D eigenvalue weighted by Gasteiger charge is 2.08. The van der Waals surface area contributed by atoms with Gasteiger partial charge >= 0.3 is 0 Å². The Morgan fingerprint density at radius 3 is 3.00 bits per heavy atom. The molecule has 1 aromatic carbocycles. The lowest BCUT2D eigenvalue weighted by Gasteiger charge is -2.13. The molecule has 3 heteroatoms. The second kappa shape index (κ2) is 6.56. The molecule has 1 heterocycles. The summed E-state index contributed by atoms with van der Waals surface area (Å²) in [6.07, 6.45) is 9.35. The van der Waals surface area contributed by atoms with Crippen LogP contribution >= 0.6 is 11.6 Å².